The van der Waals surface area contributed by atoms with E-state index >= 15 is 0 Å². The first-order valence-electron chi connectivity index (χ1n) is 10.8. The molecular formula is C26H24N4O4. The second-order valence-electron chi connectivity index (χ2n) is 8.09. The van der Waals surface area contributed by atoms with Gasteiger partial charge in [0, 0.05) is 37.6 Å². The number of rotatable bonds is 7. The molecule has 8 heteroatoms. The fraction of sp³-hybridized carbons (Fsp3) is 0.154. The van der Waals surface area contributed by atoms with E-state index < -0.39 is 16.7 Å². The summed E-state index contributed by atoms with van der Waals surface area (Å²) in [6.45, 7) is 2.03. The number of nitrogens with one attached hydrogen (secondary N) is 1. The van der Waals surface area contributed by atoms with Gasteiger partial charge in [-0.05, 0) is 66.1 Å². The first kappa shape index (κ1) is 22.7. The number of hydrogen-bond donors (Lipinski definition) is 1. The lowest BCUT2D eigenvalue weighted by atomic mass is 10.0. The summed E-state index contributed by atoms with van der Waals surface area (Å²) in [7, 11) is 3.86. The van der Waals surface area contributed by atoms with E-state index in [2.05, 4.69) is 5.32 Å². The SMILES string of the molecule is CCc1ccc(N2C(=O)C(Nc3ccc(N(C)C)cc3)=C(c3ccc([N+](=O)[O-])cc3)C2=O)cc1. The highest BCUT2D eigenvalue weighted by Gasteiger charge is 2.40. The van der Waals surface area contributed by atoms with Crippen LogP contribution in [0.1, 0.15) is 18.1 Å². The van der Waals surface area contributed by atoms with Crippen LogP contribution in [0.4, 0.5) is 22.7 Å². The largest absolute Gasteiger partial charge is 0.378 e. The van der Waals surface area contributed by atoms with E-state index in [1.54, 1.807) is 12.1 Å². The van der Waals surface area contributed by atoms with Gasteiger partial charge in [-0.1, -0.05) is 19.1 Å². The molecular weight excluding hydrogens is 432 g/mol. The summed E-state index contributed by atoms with van der Waals surface area (Å²) in [5.74, 6) is -0.977. The van der Waals surface area contributed by atoms with Crippen molar-refractivity contribution in [2.45, 2.75) is 13.3 Å². The molecule has 172 valence electrons. The number of nitrogens with zero attached hydrogens (tertiary/aromatic N) is 3. The third-order valence-corrected chi connectivity index (χ3v) is 5.71. The summed E-state index contributed by atoms with van der Waals surface area (Å²) < 4.78 is 0. The molecule has 0 aromatic heterocycles. The third-order valence-electron chi connectivity index (χ3n) is 5.71. The number of nitro benzene ring substituents is 1. The van der Waals surface area contributed by atoms with Crippen LogP contribution in [0, 0.1) is 10.1 Å². The number of amides is 2. The lowest BCUT2D eigenvalue weighted by molar-refractivity contribution is -0.384. The maximum absolute atomic E-state index is 13.5. The molecule has 0 radical (unpaired) electrons. The Morgan fingerprint density at radius 1 is 0.882 bits per heavy atom. The number of hydrogen-bond acceptors (Lipinski definition) is 6. The molecule has 2 amide bonds. The van der Waals surface area contributed by atoms with Crippen molar-refractivity contribution in [1.29, 1.82) is 0 Å². The predicted octanol–water partition coefficient (Wildman–Crippen LogP) is 4.62. The minimum atomic E-state index is -0.507. The average Bonchev–Trinajstić information content (AvgIpc) is 3.08. The number of imide groups is 1. The fourth-order valence-corrected chi connectivity index (χ4v) is 3.77. The summed E-state index contributed by atoms with van der Waals surface area (Å²) in [6.07, 6.45) is 0.838. The normalized spacial score (nSPS) is 13.4. The fourth-order valence-electron chi connectivity index (χ4n) is 3.77. The maximum atomic E-state index is 13.5. The van der Waals surface area contributed by atoms with Crippen LogP contribution in [-0.4, -0.2) is 30.8 Å². The van der Waals surface area contributed by atoms with E-state index in [1.165, 1.54) is 24.3 Å². The molecule has 0 spiro atoms. The van der Waals surface area contributed by atoms with Crippen LogP contribution < -0.4 is 15.1 Å². The van der Waals surface area contributed by atoms with Gasteiger partial charge in [0.2, 0.25) is 0 Å². The maximum Gasteiger partial charge on any atom is 0.282 e. The molecule has 34 heavy (non-hydrogen) atoms. The molecule has 0 bridgehead atoms. The number of nitro groups is 1. The monoisotopic (exact) mass is 456 g/mol. The van der Waals surface area contributed by atoms with Gasteiger partial charge in [0.05, 0.1) is 16.2 Å². The summed E-state index contributed by atoms with van der Waals surface area (Å²) >= 11 is 0. The summed E-state index contributed by atoms with van der Waals surface area (Å²) in [4.78, 5) is 40.6. The van der Waals surface area contributed by atoms with E-state index in [9.17, 15) is 19.7 Å². The zero-order chi connectivity index (χ0) is 24.4. The van der Waals surface area contributed by atoms with Crippen molar-refractivity contribution in [2.75, 3.05) is 29.2 Å². The van der Waals surface area contributed by atoms with Gasteiger partial charge in [-0.3, -0.25) is 19.7 Å². The molecule has 3 aromatic carbocycles. The van der Waals surface area contributed by atoms with Gasteiger partial charge in [0.1, 0.15) is 5.70 Å². The predicted molar refractivity (Wildman–Crippen MR) is 133 cm³/mol. The minimum Gasteiger partial charge on any atom is -0.378 e. The van der Waals surface area contributed by atoms with Crippen molar-refractivity contribution in [1.82, 2.24) is 0 Å². The highest BCUT2D eigenvalue weighted by atomic mass is 16.6. The Hall–Kier alpha value is -4.46. The highest BCUT2D eigenvalue weighted by molar-refractivity contribution is 6.46. The first-order chi connectivity index (χ1) is 16.3. The van der Waals surface area contributed by atoms with Crippen LogP contribution in [0.25, 0.3) is 5.57 Å². The molecule has 1 N–H and O–H groups in total. The number of non-ortho nitro benzene ring substituents is 1. The van der Waals surface area contributed by atoms with Gasteiger partial charge in [-0.15, -0.1) is 0 Å². The third kappa shape index (κ3) is 4.25. The smallest absolute Gasteiger partial charge is 0.282 e. The van der Waals surface area contributed by atoms with Gasteiger partial charge in [-0.2, -0.15) is 0 Å². The van der Waals surface area contributed by atoms with Crippen molar-refractivity contribution < 1.29 is 14.5 Å². The summed E-state index contributed by atoms with van der Waals surface area (Å²) in [6, 6.07) is 20.3. The molecule has 0 saturated carbocycles. The van der Waals surface area contributed by atoms with Crippen LogP contribution in [0.3, 0.4) is 0 Å². The van der Waals surface area contributed by atoms with Crippen molar-refractivity contribution in [3.63, 3.8) is 0 Å². The molecule has 0 fully saturated rings. The molecule has 0 unspecified atom stereocenters. The molecule has 1 aliphatic rings. The molecule has 4 rings (SSSR count). The van der Waals surface area contributed by atoms with Gasteiger partial charge < -0.3 is 10.2 Å². The zero-order valence-corrected chi connectivity index (χ0v) is 19.1. The second-order valence-corrected chi connectivity index (χ2v) is 8.09. The van der Waals surface area contributed by atoms with Crippen LogP contribution in [0.5, 0.6) is 0 Å². The second kappa shape index (κ2) is 9.19. The number of anilines is 3. The van der Waals surface area contributed by atoms with Crippen LogP contribution in [0.2, 0.25) is 0 Å². The Balaban J connectivity index is 1.77. The number of carbonyl (C=O) groups excluding carboxylic acids is 2. The molecule has 1 aliphatic heterocycles. The number of carbonyl (C=O) groups is 2. The molecule has 3 aromatic rings. The average molecular weight is 457 g/mol. The minimum absolute atomic E-state index is 0.0954. The first-order valence-corrected chi connectivity index (χ1v) is 10.8. The van der Waals surface area contributed by atoms with Gasteiger partial charge in [-0.25, -0.2) is 4.90 Å². The Morgan fingerprint density at radius 3 is 2.03 bits per heavy atom. The van der Waals surface area contributed by atoms with Gasteiger partial charge in [0.25, 0.3) is 17.5 Å². The van der Waals surface area contributed by atoms with Gasteiger partial charge >= 0.3 is 0 Å². The number of aryl methyl sites for hydroxylation is 1. The summed E-state index contributed by atoms with van der Waals surface area (Å²) in [5, 5.41) is 14.2. The quantitative estimate of drug-likeness (QED) is 0.317. The molecule has 0 atom stereocenters. The van der Waals surface area contributed by atoms with E-state index in [4.69, 9.17) is 0 Å². The van der Waals surface area contributed by atoms with Crippen molar-refractivity contribution in [3.8, 4) is 0 Å². The van der Waals surface area contributed by atoms with E-state index in [-0.39, 0.29) is 17.0 Å². The number of benzene rings is 3. The van der Waals surface area contributed by atoms with E-state index in [1.807, 2.05) is 62.3 Å². The molecule has 1 heterocycles. The Morgan fingerprint density at radius 2 is 1.50 bits per heavy atom. The Kier molecular flexibility index (Phi) is 6.14. The molecule has 8 nitrogen and oxygen atoms in total. The standard InChI is InChI=1S/C26H24N4O4/c1-4-17-5-11-21(12-6-17)29-25(31)23(18-7-13-22(14-8-18)30(33)34)24(26(29)32)27-19-9-15-20(16-10-19)28(2)3/h5-16,27H,4H2,1-3H3. The van der Waals surface area contributed by atoms with Crippen LogP contribution in [0.15, 0.2) is 78.5 Å². The molecule has 0 saturated heterocycles. The Bertz CT molecular complexity index is 1280. The lowest BCUT2D eigenvalue weighted by Gasteiger charge is -2.16. The zero-order valence-electron chi connectivity index (χ0n) is 19.1. The van der Waals surface area contributed by atoms with Crippen molar-refractivity contribution >= 4 is 40.1 Å². The van der Waals surface area contributed by atoms with Crippen LogP contribution >= 0.6 is 0 Å². The van der Waals surface area contributed by atoms with Crippen molar-refractivity contribution in [3.05, 3.63) is 99.7 Å². The Labute approximate surface area is 197 Å². The van der Waals surface area contributed by atoms with Crippen LogP contribution in [-0.2, 0) is 16.0 Å². The van der Waals surface area contributed by atoms with Crippen molar-refractivity contribution in [2.24, 2.45) is 0 Å². The van der Waals surface area contributed by atoms with Gasteiger partial charge in [0.15, 0.2) is 0 Å². The highest BCUT2D eigenvalue weighted by Crippen LogP contribution is 2.34. The van der Waals surface area contributed by atoms with E-state index in [0.717, 1.165) is 22.6 Å². The lowest BCUT2D eigenvalue weighted by Crippen LogP contribution is -2.32. The summed E-state index contributed by atoms with van der Waals surface area (Å²) in [5.41, 5.74) is 3.79. The topological polar surface area (TPSA) is 95.8 Å². The molecule has 0 aliphatic carbocycles. The van der Waals surface area contributed by atoms with E-state index in [0.29, 0.717) is 16.9 Å².